The Bertz CT molecular complexity index is 728. The summed E-state index contributed by atoms with van der Waals surface area (Å²) in [5.74, 6) is 0.609. The highest BCUT2D eigenvalue weighted by Gasteiger charge is 2.26. The Kier molecular flexibility index (Phi) is 6.96. The minimum absolute atomic E-state index is 0.0597. The van der Waals surface area contributed by atoms with Crippen molar-refractivity contribution in [3.63, 3.8) is 0 Å². The van der Waals surface area contributed by atoms with Crippen LogP contribution in [0, 0.1) is 16.0 Å². The van der Waals surface area contributed by atoms with Gasteiger partial charge in [0.15, 0.2) is 0 Å². The van der Waals surface area contributed by atoms with Crippen molar-refractivity contribution in [2.75, 3.05) is 45.2 Å². The van der Waals surface area contributed by atoms with E-state index in [-0.39, 0.29) is 10.6 Å². The van der Waals surface area contributed by atoms with E-state index in [0.29, 0.717) is 24.6 Å². The van der Waals surface area contributed by atoms with Gasteiger partial charge in [-0.2, -0.15) is 0 Å². The lowest BCUT2D eigenvalue weighted by atomic mass is 9.98. The molecule has 0 amide bonds. The van der Waals surface area contributed by atoms with E-state index in [9.17, 15) is 18.5 Å². The standard InChI is InChI=1S/C17H28N4O4S/c1-14-7-11-20(12-8-14)16-6-5-15(13-17(16)21(22)23)26(24,25)18-9-4-10-19(2)3/h5-6,13-14,18H,4,7-12H2,1-3H3/p+1. The molecule has 2 rings (SSSR count). The summed E-state index contributed by atoms with van der Waals surface area (Å²) in [4.78, 5) is 14.2. The Morgan fingerprint density at radius 3 is 2.54 bits per heavy atom. The topological polar surface area (TPSA) is 97.0 Å². The molecule has 2 N–H and O–H groups in total. The van der Waals surface area contributed by atoms with E-state index in [1.54, 1.807) is 6.07 Å². The third-order valence-corrected chi connectivity index (χ3v) is 6.18. The molecule has 8 nitrogen and oxygen atoms in total. The summed E-state index contributed by atoms with van der Waals surface area (Å²) in [6.45, 7) is 4.82. The highest BCUT2D eigenvalue weighted by molar-refractivity contribution is 7.89. The van der Waals surface area contributed by atoms with Crippen LogP contribution in [-0.2, 0) is 10.0 Å². The summed E-state index contributed by atoms with van der Waals surface area (Å²) in [6.07, 6.45) is 2.66. The number of sulfonamides is 1. The zero-order valence-electron chi connectivity index (χ0n) is 15.7. The Hall–Kier alpha value is -1.71. The van der Waals surface area contributed by atoms with Gasteiger partial charge in [-0.25, -0.2) is 13.1 Å². The van der Waals surface area contributed by atoms with Crippen molar-refractivity contribution in [2.24, 2.45) is 5.92 Å². The van der Waals surface area contributed by atoms with Crippen LogP contribution >= 0.6 is 0 Å². The van der Waals surface area contributed by atoms with E-state index in [4.69, 9.17) is 0 Å². The summed E-state index contributed by atoms with van der Waals surface area (Å²) < 4.78 is 27.4. The average Bonchev–Trinajstić information content (AvgIpc) is 2.59. The molecule has 0 spiro atoms. The van der Waals surface area contributed by atoms with Gasteiger partial charge >= 0.3 is 0 Å². The smallest absolute Gasteiger partial charge is 0.293 e. The van der Waals surface area contributed by atoms with Crippen LogP contribution in [0.25, 0.3) is 0 Å². The molecule has 0 saturated carbocycles. The molecule has 1 aliphatic heterocycles. The summed E-state index contributed by atoms with van der Waals surface area (Å²) in [5, 5.41) is 11.5. The van der Waals surface area contributed by atoms with Crippen molar-refractivity contribution in [2.45, 2.75) is 31.1 Å². The Morgan fingerprint density at radius 1 is 1.31 bits per heavy atom. The molecule has 1 fully saturated rings. The molecule has 0 bridgehead atoms. The Labute approximate surface area is 155 Å². The molecule has 1 aromatic rings. The van der Waals surface area contributed by atoms with Crippen LogP contribution < -0.4 is 14.5 Å². The third kappa shape index (κ3) is 5.39. The van der Waals surface area contributed by atoms with Gasteiger partial charge in [0.1, 0.15) is 5.69 Å². The first-order valence-corrected chi connectivity index (χ1v) is 10.5. The lowest BCUT2D eigenvalue weighted by Gasteiger charge is -2.31. The average molecular weight is 386 g/mol. The van der Waals surface area contributed by atoms with E-state index >= 15 is 0 Å². The monoisotopic (exact) mass is 385 g/mol. The van der Waals surface area contributed by atoms with Gasteiger partial charge in [-0.3, -0.25) is 10.1 Å². The molecule has 146 valence electrons. The van der Waals surface area contributed by atoms with Crippen molar-refractivity contribution >= 4 is 21.4 Å². The van der Waals surface area contributed by atoms with Gasteiger partial charge in [0.25, 0.3) is 5.69 Å². The van der Waals surface area contributed by atoms with Gasteiger partial charge in [0.05, 0.1) is 30.5 Å². The zero-order chi connectivity index (χ0) is 19.3. The number of nitro groups is 1. The number of nitrogens with zero attached hydrogens (tertiary/aromatic N) is 2. The van der Waals surface area contributed by atoms with Crippen molar-refractivity contribution in [1.29, 1.82) is 0 Å². The molecule has 0 atom stereocenters. The lowest BCUT2D eigenvalue weighted by Crippen LogP contribution is -3.05. The normalized spacial score (nSPS) is 16.2. The fraction of sp³-hybridized carbons (Fsp3) is 0.647. The molecule has 0 aromatic heterocycles. The predicted octanol–water partition coefficient (Wildman–Crippen LogP) is 0.644. The molecular weight excluding hydrogens is 356 g/mol. The van der Waals surface area contributed by atoms with Gasteiger partial charge in [-0.15, -0.1) is 0 Å². The van der Waals surface area contributed by atoms with Gasteiger partial charge < -0.3 is 9.80 Å². The van der Waals surface area contributed by atoms with Gasteiger partial charge in [0.2, 0.25) is 10.0 Å². The number of anilines is 1. The number of benzene rings is 1. The second kappa shape index (κ2) is 8.79. The first-order chi connectivity index (χ1) is 12.2. The summed E-state index contributed by atoms with van der Waals surface area (Å²) >= 11 is 0. The summed E-state index contributed by atoms with van der Waals surface area (Å²) in [7, 11) is 0.243. The van der Waals surface area contributed by atoms with Crippen molar-refractivity contribution in [1.82, 2.24) is 4.72 Å². The molecule has 0 radical (unpaired) electrons. The minimum Gasteiger partial charge on any atom is -0.366 e. The van der Waals surface area contributed by atoms with E-state index < -0.39 is 14.9 Å². The van der Waals surface area contributed by atoms with E-state index in [2.05, 4.69) is 11.6 Å². The third-order valence-electron chi connectivity index (χ3n) is 4.72. The van der Waals surface area contributed by atoms with Gasteiger partial charge in [-0.1, -0.05) is 6.92 Å². The van der Waals surface area contributed by atoms with Crippen LogP contribution in [0.15, 0.2) is 23.1 Å². The quantitative estimate of drug-likeness (QED) is 0.389. The first kappa shape index (κ1) is 20.6. The molecule has 1 aliphatic rings. The second-order valence-electron chi connectivity index (χ2n) is 7.29. The zero-order valence-corrected chi connectivity index (χ0v) is 16.5. The van der Waals surface area contributed by atoms with E-state index in [1.807, 2.05) is 19.0 Å². The van der Waals surface area contributed by atoms with Crippen molar-refractivity contribution in [3.05, 3.63) is 28.3 Å². The largest absolute Gasteiger partial charge is 0.366 e. The SMILES string of the molecule is CC1CCN(c2ccc(S(=O)(=O)NCCC[NH+](C)C)cc2[N+](=O)[O-])CC1. The fourth-order valence-corrected chi connectivity index (χ4v) is 4.16. The molecule has 26 heavy (non-hydrogen) atoms. The lowest BCUT2D eigenvalue weighted by molar-refractivity contribution is -0.858. The number of hydrogen-bond donors (Lipinski definition) is 2. The van der Waals surface area contributed by atoms with Crippen LogP contribution in [-0.4, -0.2) is 53.6 Å². The molecular formula is C17H29N4O4S+. The number of nitrogens with one attached hydrogen (secondary N) is 2. The van der Waals surface area contributed by atoms with Crippen LogP contribution in [0.1, 0.15) is 26.2 Å². The van der Waals surface area contributed by atoms with E-state index in [1.165, 1.54) is 17.0 Å². The number of nitro benzene ring substituents is 1. The fourth-order valence-electron chi connectivity index (χ4n) is 3.07. The van der Waals surface area contributed by atoms with Crippen LogP contribution in [0.5, 0.6) is 0 Å². The van der Waals surface area contributed by atoms with Crippen molar-refractivity contribution in [3.8, 4) is 0 Å². The van der Waals surface area contributed by atoms with Crippen LogP contribution in [0.4, 0.5) is 11.4 Å². The molecule has 0 unspecified atom stereocenters. The predicted molar refractivity (Wildman–Crippen MR) is 101 cm³/mol. The first-order valence-electron chi connectivity index (χ1n) is 9.03. The highest BCUT2D eigenvalue weighted by atomic mass is 32.2. The van der Waals surface area contributed by atoms with Crippen LogP contribution in [0.2, 0.25) is 0 Å². The number of piperidine rings is 1. The molecule has 9 heteroatoms. The molecule has 1 aromatic carbocycles. The van der Waals surface area contributed by atoms with Crippen LogP contribution in [0.3, 0.4) is 0 Å². The minimum atomic E-state index is -3.75. The Morgan fingerprint density at radius 2 is 1.96 bits per heavy atom. The number of hydrogen-bond acceptors (Lipinski definition) is 5. The highest BCUT2D eigenvalue weighted by Crippen LogP contribution is 2.33. The number of rotatable bonds is 8. The second-order valence-corrected chi connectivity index (χ2v) is 9.05. The van der Waals surface area contributed by atoms with E-state index in [0.717, 1.165) is 32.5 Å². The molecule has 0 aliphatic carbocycles. The summed E-state index contributed by atoms with van der Waals surface area (Å²) in [5.41, 5.74) is 0.345. The maximum absolute atomic E-state index is 12.4. The molecule has 1 heterocycles. The van der Waals surface area contributed by atoms with Crippen molar-refractivity contribution < 1.29 is 18.2 Å². The van der Waals surface area contributed by atoms with Gasteiger partial charge in [-0.05, 0) is 30.9 Å². The summed E-state index contributed by atoms with van der Waals surface area (Å²) in [6, 6.07) is 4.19. The Balaban J connectivity index is 2.17. The molecule has 1 saturated heterocycles. The maximum Gasteiger partial charge on any atom is 0.293 e. The number of quaternary nitrogens is 1. The maximum atomic E-state index is 12.4. The van der Waals surface area contributed by atoms with Gasteiger partial charge in [0, 0.05) is 32.1 Å².